The van der Waals surface area contributed by atoms with Crippen LogP contribution in [0.15, 0.2) is 53.9 Å². The predicted molar refractivity (Wildman–Crippen MR) is 105 cm³/mol. The number of amides is 1. The quantitative estimate of drug-likeness (QED) is 0.188. The maximum atomic E-state index is 11.5. The lowest BCUT2D eigenvalue weighted by molar-refractivity contribution is 0.209. The van der Waals surface area contributed by atoms with Crippen LogP contribution in [-0.2, 0) is 0 Å². The van der Waals surface area contributed by atoms with Crippen LogP contribution in [0.4, 0.5) is 10.6 Å². The first kappa shape index (κ1) is 17.3. The maximum absolute atomic E-state index is 11.5. The molecule has 0 unspecified atom stereocenters. The molecular formula is C19H16N6O3. The number of nitrogens with zero attached hydrogens (tertiary/aromatic N) is 4. The zero-order valence-corrected chi connectivity index (χ0v) is 14.8. The van der Waals surface area contributed by atoms with Crippen molar-refractivity contribution in [3.05, 3.63) is 59.9 Å². The zero-order chi connectivity index (χ0) is 19.8. The van der Waals surface area contributed by atoms with Crippen LogP contribution in [0.2, 0.25) is 0 Å². The summed E-state index contributed by atoms with van der Waals surface area (Å²) in [5.74, 6) is 0.0480. The van der Waals surface area contributed by atoms with Crippen LogP contribution in [0.25, 0.3) is 27.5 Å². The van der Waals surface area contributed by atoms with Gasteiger partial charge in [0.25, 0.3) is 0 Å². The number of nitrogens with two attached hydrogens (primary N) is 1. The number of fused-ring (bicyclic) bond motifs is 2. The second-order valence-corrected chi connectivity index (χ2v) is 6.21. The minimum atomic E-state index is -1.24. The Morgan fingerprint density at radius 1 is 1.21 bits per heavy atom. The summed E-state index contributed by atoms with van der Waals surface area (Å²) in [7, 11) is 0. The third kappa shape index (κ3) is 2.65. The molecular weight excluding hydrogens is 360 g/mol. The Bertz CT molecular complexity index is 1260. The third-order valence-electron chi connectivity index (χ3n) is 4.54. The van der Waals surface area contributed by atoms with E-state index in [4.69, 9.17) is 10.9 Å². The van der Waals surface area contributed by atoms with Crippen molar-refractivity contribution in [2.75, 3.05) is 5.32 Å². The average molecular weight is 376 g/mol. The van der Waals surface area contributed by atoms with E-state index >= 15 is 0 Å². The smallest absolute Gasteiger partial charge is 0.410 e. The molecule has 5 N–H and O–H groups in total. The molecule has 2 heterocycles. The Morgan fingerprint density at radius 2 is 2.00 bits per heavy atom. The molecule has 4 rings (SSSR count). The van der Waals surface area contributed by atoms with Crippen molar-refractivity contribution in [3.63, 3.8) is 0 Å². The fraction of sp³-hybridized carbons (Fsp3) is 0.0526. The van der Waals surface area contributed by atoms with Crippen LogP contribution in [-0.4, -0.2) is 36.8 Å². The zero-order valence-electron chi connectivity index (χ0n) is 14.8. The fourth-order valence-electron chi connectivity index (χ4n) is 3.31. The SMILES string of the molecule is Cc1ccc2ccccc2c1-c1cnc2c(/C(N)=N/O)cnn2c1NC(=O)O. The van der Waals surface area contributed by atoms with Gasteiger partial charge in [-0.1, -0.05) is 41.6 Å². The first-order valence-corrected chi connectivity index (χ1v) is 8.34. The van der Waals surface area contributed by atoms with Crippen molar-refractivity contribution in [3.8, 4) is 11.1 Å². The second kappa shape index (κ2) is 6.54. The van der Waals surface area contributed by atoms with Crippen LogP contribution in [0.1, 0.15) is 11.1 Å². The molecule has 0 fully saturated rings. The number of rotatable bonds is 3. The summed E-state index contributed by atoms with van der Waals surface area (Å²) in [5, 5.41) is 29.9. The lowest BCUT2D eigenvalue weighted by Gasteiger charge is -2.15. The monoisotopic (exact) mass is 376 g/mol. The number of carboxylic acid groups (broad SMARTS) is 1. The van der Waals surface area contributed by atoms with Gasteiger partial charge in [0.1, 0.15) is 5.82 Å². The standard InChI is InChI=1S/C19H16N6O3/c1-10-6-7-11-4-2-3-5-12(11)15(10)13-8-21-17-14(16(20)24-28)9-22-25(17)18(13)23-19(26)27/h2-9,23,28H,1H3,(H2,20,24)(H,26,27). The lowest BCUT2D eigenvalue weighted by Crippen LogP contribution is -2.15. The van der Waals surface area contributed by atoms with Crippen molar-refractivity contribution >= 4 is 34.2 Å². The molecule has 0 saturated carbocycles. The normalized spacial score (nSPS) is 11.8. The summed E-state index contributed by atoms with van der Waals surface area (Å²) in [5.41, 5.74) is 8.60. The number of nitrogens with one attached hydrogen (secondary N) is 1. The Morgan fingerprint density at radius 3 is 2.75 bits per heavy atom. The highest BCUT2D eigenvalue weighted by Gasteiger charge is 2.20. The van der Waals surface area contributed by atoms with Crippen LogP contribution >= 0.6 is 0 Å². The van der Waals surface area contributed by atoms with Gasteiger partial charge in [-0.2, -0.15) is 9.61 Å². The van der Waals surface area contributed by atoms with Gasteiger partial charge in [-0.25, -0.2) is 9.78 Å². The molecule has 0 spiro atoms. The van der Waals surface area contributed by atoms with Gasteiger partial charge in [-0.05, 0) is 28.8 Å². The van der Waals surface area contributed by atoms with Crippen molar-refractivity contribution in [2.24, 2.45) is 10.9 Å². The summed E-state index contributed by atoms with van der Waals surface area (Å²) in [6.45, 7) is 1.95. The van der Waals surface area contributed by atoms with Crippen LogP contribution < -0.4 is 11.1 Å². The largest absolute Gasteiger partial charge is 0.465 e. The summed E-state index contributed by atoms with van der Waals surface area (Å²) in [6.07, 6.45) is 1.68. The number of aryl methyl sites for hydroxylation is 1. The Kier molecular flexibility index (Phi) is 4.04. The lowest BCUT2D eigenvalue weighted by atomic mass is 9.95. The maximum Gasteiger partial charge on any atom is 0.410 e. The average Bonchev–Trinajstić information content (AvgIpc) is 3.12. The number of benzene rings is 2. The van der Waals surface area contributed by atoms with E-state index in [1.54, 1.807) is 6.20 Å². The number of oxime groups is 1. The third-order valence-corrected chi connectivity index (χ3v) is 4.54. The van der Waals surface area contributed by atoms with E-state index in [1.807, 2.05) is 43.3 Å². The Labute approximate surface area is 158 Å². The number of anilines is 1. The fourth-order valence-corrected chi connectivity index (χ4v) is 3.31. The number of aromatic nitrogens is 3. The molecule has 0 aliphatic rings. The van der Waals surface area contributed by atoms with E-state index in [0.29, 0.717) is 5.56 Å². The molecule has 0 aliphatic carbocycles. The first-order valence-electron chi connectivity index (χ1n) is 8.34. The first-order chi connectivity index (χ1) is 13.5. The van der Waals surface area contributed by atoms with Gasteiger partial charge in [-0.3, -0.25) is 5.32 Å². The second-order valence-electron chi connectivity index (χ2n) is 6.21. The van der Waals surface area contributed by atoms with E-state index in [9.17, 15) is 9.90 Å². The molecule has 2 aromatic carbocycles. The minimum Gasteiger partial charge on any atom is -0.465 e. The molecule has 0 saturated heterocycles. The van der Waals surface area contributed by atoms with Crippen LogP contribution in [0.3, 0.4) is 0 Å². The molecule has 9 nitrogen and oxygen atoms in total. The van der Waals surface area contributed by atoms with Gasteiger partial charge in [0.15, 0.2) is 11.5 Å². The topological polar surface area (TPSA) is 138 Å². The number of carbonyl (C=O) groups is 1. The van der Waals surface area contributed by atoms with Gasteiger partial charge in [0.05, 0.1) is 11.8 Å². The molecule has 0 aliphatic heterocycles. The number of amidine groups is 1. The highest BCUT2D eigenvalue weighted by Crippen LogP contribution is 2.36. The summed E-state index contributed by atoms with van der Waals surface area (Å²) in [4.78, 5) is 15.9. The molecule has 9 heteroatoms. The van der Waals surface area contributed by atoms with Gasteiger partial charge < -0.3 is 16.0 Å². The molecule has 0 atom stereocenters. The minimum absolute atomic E-state index is 0.169. The van der Waals surface area contributed by atoms with Crippen molar-refractivity contribution < 1.29 is 15.1 Å². The van der Waals surface area contributed by atoms with E-state index in [-0.39, 0.29) is 22.9 Å². The molecule has 0 radical (unpaired) electrons. The van der Waals surface area contributed by atoms with E-state index < -0.39 is 6.09 Å². The van der Waals surface area contributed by atoms with Crippen molar-refractivity contribution in [1.82, 2.24) is 14.6 Å². The highest BCUT2D eigenvalue weighted by atomic mass is 16.4. The van der Waals surface area contributed by atoms with E-state index in [1.165, 1.54) is 10.7 Å². The summed E-state index contributed by atoms with van der Waals surface area (Å²) < 4.78 is 1.33. The van der Waals surface area contributed by atoms with Crippen molar-refractivity contribution in [2.45, 2.75) is 6.92 Å². The Hall–Kier alpha value is -4.14. The molecule has 1 amide bonds. The molecule has 140 valence electrons. The van der Waals surface area contributed by atoms with Crippen LogP contribution in [0, 0.1) is 6.92 Å². The van der Waals surface area contributed by atoms with Gasteiger partial charge >= 0.3 is 6.09 Å². The predicted octanol–water partition coefficient (Wildman–Crippen LogP) is 3.04. The summed E-state index contributed by atoms with van der Waals surface area (Å²) >= 11 is 0. The highest BCUT2D eigenvalue weighted by molar-refractivity contribution is 6.05. The van der Waals surface area contributed by atoms with Crippen LogP contribution in [0.5, 0.6) is 0 Å². The number of hydrogen-bond donors (Lipinski definition) is 4. The molecule has 2 aromatic heterocycles. The number of hydrogen-bond acceptors (Lipinski definition) is 5. The molecule has 4 aromatic rings. The van der Waals surface area contributed by atoms with E-state index in [2.05, 4.69) is 20.6 Å². The van der Waals surface area contributed by atoms with E-state index in [0.717, 1.165) is 21.9 Å². The van der Waals surface area contributed by atoms with Crippen molar-refractivity contribution in [1.29, 1.82) is 0 Å². The molecule has 28 heavy (non-hydrogen) atoms. The summed E-state index contributed by atoms with van der Waals surface area (Å²) in [6, 6.07) is 11.8. The molecule has 0 bridgehead atoms. The van der Waals surface area contributed by atoms with Gasteiger partial charge in [-0.15, -0.1) is 0 Å². The Balaban J connectivity index is 2.08. The van der Waals surface area contributed by atoms with Gasteiger partial charge in [0.2, 0.25) is 0 Å². The van der Waals surface area contributed by atoms with Gasteiger partial charge in [0, 0.05) is 11.8 Å².